The summed E-state index contributed by atoms with van der Waals surface area (Å²) in [6.07, 6.45) is 1.91. The summed E-state index contributed by atoms with van der Waals surface area (Å²) in [5.41, 5.74) is 0.503. The van der Waals surface area contributed by atoms with Crippen molar-refractivity contribution in [1.82, 2.24) is 9.88 Å². The summed E-state index contributed by atoms with van der Waals surface area (Å²) in [4.78, 5) is 18.7. The van der Waals surface area contributed by atoms with Crippen LogP contribution in [0.1, 0.15) is 42.9 Å². The lowest BCUT2D eigenvalue weighted by atomic mass is 9.74. The molecule has 2 N–H and O–H groups in total. The number of fused-ring (bicyclic) bond motifs is 1. The standard InChI is InChI=1S/C28H27Cl2FN2O4/c1-37-20-6-7-24-21(16-20)26(22(30)17-32-24)25(34)8-9-28(27(35)36)10-13-33(14-11-28)12-2-3-18-4-5-19(29)15-23(18)31/h4-7,15-17,25,34H,8-14H2,1H3,(H,35,36)/t25-/m0/s1. The second-order valence-electron chi connectivity index (χ2n) is 9.24. The summed E-state index contributed by atoms with van der Waals surface area (Å²) in [7, 11) is 1.56. The van der Waals surface area contributed by atoms with E-state index in [9.17, 15) is 19.4 Å². The van der Waals surface area contributed by atoms with Gasteiger partial charge in [-0.25, -0.2) is 4.39 Å². The number of pyridine rings is 1. The average molecular weight is 545 g/mol. The van der Waals surface area contributed by atoms with Crippen molar-refractivity contribution in [3.63, 3.8) is 0 Å². The lowest BCUT2D eigenvalue weighted by Gasteiger charge is -2.38. The van der Waals surface area contributed by atoms with E-state index in [1.165, 1.54) is 18.3 Å². The van der Waals surface area contributed by atoms with Gasteiger partial charge in [0.05, 0.1) is 41.3 Å². The SMILES string of the molecule is COc1ccc2ncc(Cl)c([C@@H](O)CCC3(C(=O)O)CCN(CC#Cc4ccc(Cl)cc4F)CC3)c2c1. The highest BCUT2D eigenvalue weighted by molar-refractivity contribution is 6.32. The first-order valence-electron chi connectivity index (χ1n) is 11.9. The second kappa shape index (κ2) is 11.7. The summed E-state index contributed by atoms with van der Waals surface area (Å²) in [5.74, 6) is 5.05. The fraction of sp³-hybridized carbons (Fsp3) is 0.357. The molecule has 0 saturated carbocycles. The van der Waals surface area contributed by atoms with Crippen molar-refractivity contribution < 1.29 is 24.1 Å². The molecule has 0 amide bonds. The van der Waals surface area contributed by atoms with Gasteiger partial charge in [-0.1, -0.05) is 35.0 Å². The number of benzene rings is 2. The number of aliphatic hydroxyl groups excluding tert-OH is 1. The maximum atomic E-state index is 13.9. The number of hydrogen-bond acceptors (Lipinski definition) is 5. The van der Waals surface area contributed by atoms with E-state index in [1.54, 1.807) is 31.4 Å². The third kappa shape index (κ3) is 6.16. The number of rotatable bonds is 7. The number of aliphatic hydroxyl groups is 1. The summed E-state index contributed by atoms with van der Waals surface area (Å²) >= 11 is 12.2. The van der Waals surface area contributed by atoms with Crippen molar-refractivity contribution in [1.29, 1.82) is 0 Å². The minimum absolute atomic E-state index is 0.234. The predicted molar refractivity (Wildman–Crippen MR) is 142 cm³/mol. The molecule has 3 aromatic rings. The normalized spacial score (nSPS) is 16.1. The molecule has 1 aromatic heterocycles. The molecule has 1 fully saturated rings. The average Bonchev–Trinajstić information content (AvgIpc) is 2.88. The van der Waals surface area contributed by atoms with Crippen LogP contribution in [0.3, 0.4) is 0 Å². The number of carboxylic acids is 1. The zero-order chi connectivity index (χ0) is 26.6. The Morgan fingerprint density at radius 3 is 2.68 bits per heavy atom. The van der Waals surface area contributed by atoms with E-state index in [0.717, 1.165) is 0 Å². The van der Waals surface area contributed by atoms with Gasteiger partial charge in [-0.05, 0) is 62.1 Å². The number of hydrogen-bond donors (Lipinski definition) is 2. The lowest BCUT2D eigenvalue weighted by molar-refractivity contribution is -0.153. The molecule has 1 aliphatic rings. The molecular formula is C28H27Cl2FN2O4. The quantitative estimate of drug-likeness (QED) is 0.370. The van der Waals surface area contributed by atoms with Crippen LogP contribution in [0.15, 0.2) is 42.6 Å². The summed E-state index contributed by atoms with van der Waals surface area (Å²) < 4.78 is 19.2. The van der Waals surface area contributed by atoms with E-state index < -0.39 is 23.3 Å². The van der Waals surface area contributed by atoms with E-state index in [1.807, 2.05) is 0 Å². The van der Waals surface area contributed by atoms with Crippen LogP contribution in [-0.4, -0.2) is 52.8 Å². The van der Waals surface area contributed by atoms with Gasteiger partial charge in [0.2, 0.25) is 0 Å². The molecule has 1 aliphatic heterocycles. The van der Waals surface area contributed by atoms with Gasteiger partial charge < -0.3 is 14.9 Å². The molecule has 0 spiro atoms. The van der Waals surface area contributed by atoms with Gasteiger partial charge in [0, 0.05) is 35.3 Å². The highest BCUT2D eigenvalue weighted by Crippen LogP contribution is 2.41. The second-order valence-corrected chi connectivity index (χ2v) is 10.1. The number of ether oxygens (including phenoxy) is 1. The maximum Gasteiger partial charge on any atom is 0.309 e. The highest BCUT2D eigenvalue weighted by Gasteiger charge is 2.41. The van der Waals surface area contributed by atoms with Crippen molar-refractivity contribution in [3.8, 4) is 17.6 Å². The minimum Gasteiger partial charge on any atom is -0.497 e. The van der Waals surface area contributed by atoms with Crippen molar-refractivity contribution in [3.05, 3.63) is 69.6 Å². The monoisotopic (exact) mass is 544 g/mol. The van der Waals surface area contributed by atoms with E-state index in [4.69, 9.17) is 27.9 Å². The Kier molecular flexibility index (Phi) is 8.56. The summed E-state index contributed by atoms with van der Waals surface area (Å²) in [6, 6.07) is 9.69. The minimum atomic E-state index is -0.959. The van der Waals surface area contributed by atoms with Gasteiger partial charge in [0.25, 0.3) is 0 Å². The number of piperidine rings is 1. The van der Waals surface area contributed by atoms with Gasteiger partial charge >= 0.3 is 5.97 Å². The van der Waals surface area contributed by atoms with Crippen molar-refractivity contribution >= 4 is 40.1 Å². The van der Waals surface area contributed by atoms with Crippen LogP contribution >= 0.6 is 23.2 Å². The van der Waals surface area contributed by atoms with Gasteiger partial charge in [0.15, 0.2) is 0 Å². The Labute approximate surface area is 225 Å². The zero-order valence-corrected chi connectivity index (χ0v) is 21.8. The number of carboxylic acid groups (broad SMARTS) is 1. The Bertz CT molecular complexity index is 1360. The molecule has 9 heteroatoms. The molecule has 6 nitrogen and oxygen atoms in total. The molecule has 2 aromatic carbocycles. The topological polar surface area (TPSA) is 82.9 Å². The number of carbonyl (C=O) groups is 1. The van der Waals surface area contributed by atoms with E-state index in [2.05, 4.69) is 21.7 Å². The fourth-order valence-corrected chi connectivity index (χ4v) is 5.17. The Morgan fingerprint density at radius 1 is 1.24 bits per heavy atom. The Hall–Kier alpha value is -2.89. The molecule has 0 aliphatic carbocycles. The molecule has 0 unspecified atom stereocenters. The molecule has 4 rings (SSSR count). The van der Waals surface area contributed by atoms with E-state index >= 15 is 0 Å². The van der Waals surface area contributed by atoms with Crippen molar-refractivity contribution in [2.24, 2.45) is 5.41 Å². The van der Waals surface area contributed by atoms with Crippen LogP contribution in [-0.2, 0) is 4.79 Å². The zero-order valence-electron chi connectivity index (χ0n) is 20.3. The molecule has 0 bridgehead atoms. The molecule has 0 radical (unpaired) electrons. The molecular weight excluding hydrogens is 518 g/mol. The fourth-order valence-electron chi connectivity index (χ4n) is 4.74. The predicted octanol–water partition coefficient (Wildman–Crippen LogP) is 5.72. The van der Waals surface area contributed by atoms with Gasteiger partial charge in [-0.2, -0.15) is 0 Å². The van der Waals surface area contributed by atoms with Gasteiger partial charge in [-0.3, -0.25) is 14.7 Å². The maximum absolute atomic E-state index is 13.9. The van der Waals surface area contributed by atoms with Gasteiger partial charge in [-0.15, -0.1) is 0 Å². The van der Waals surface area contributed by atoms with E-state index in [-0.39, 0.29) is 12.0 Å². The first kappa shape index (κ1) is 27.2. The Morgan fingerprint density at radius 2 is 2.00 bits per heavy atom. The molecule has 1 saturated heterocycles. The van der Waals surface area contributed by atoms with Crippen LogP contribution in [0.5, 0.6) is 5.75 Å². The first-order chi connectivity index (χ1) is 17.7. The van der Waals surface area contributed by atoms with Crippen LogP contribution in [0.2, 0.25) is 10.0 Å². The molecule has 1 atom stereocenters. The molecule has 2 heterocycles. The third-order valence-corrected chi connectivity index (χ3v) is 7.56. The van der Waals surface area contributed by atoms with Crippen LogP contribution in [0.25, 0.3) is 10.9 Å². The third-order valence-electron chi connectivity index (χ3n) is 7.02. The number of likely N-dealkylation sites (tertiary alicyclic amines) is 1. The largest absolute Gasteiger partial charge is 0.497 e. The first-order valence-corrected chi connectivity index (χ1v) is 12.7. The van der Waals surface area contributed by atoms with Crippen LogP contribution < -0.4 is 4.74 Å². The number of methoxy groups -OCH3 is 1. The van der Waals surface area contributed by atoms with Gasteiger partial charge in [0.1, 0.15) is 11.6 Å². The lowest BCUT2D eigenvalue weighted by Crippen LogP contribution is -2.44. The van der Waals surface area contributed by atoms with Crippen molar-refractivity contribution in [2.45, 2.75) is 31.8 Å². The smallest absolute Gasteiger partial charge is 0.309 e. The Balaban J connectivity index is 1.41. The summed E-state index contributed by atoms with van der Waals surface area (Å²) in [6.45, 7) is 1.48. The number of nitrogens with zero attached hydrogens (tertiary/aromatic N) is 2. The highest BCUT2D eigenvalue weighted by atomic mass is 35.5. The molecule has 37 heavy (non-hydrogen) atoms. The number of aromatic nitrogens is 1. The van der Waals surface area contributed by atoms with Crippen molar-refractivity contribution in [2.75, 3.05) is 26.7 Å². The summed E-state index contributed by atoms with van der Waals surface area (Å²) in [5, 5.41) is 22.5. The molecule has 194 valence electrons. The van der Waals surface area contributed by atoms with E-state index in [0.29, 0.717) is 71.2 Å². The number of aliphatic carboxylic acids is 1. The van der Waals surface area contributed by atoms with Crippen LogP contribution in [0, 0.1) is 23.1 Å². The van der Waals surface area contributed by atoms with Crippen LogP contribution in [0.4, 0.5) is 4.39 Å². The number of halogens is 3.